The number of carbonyl (C=O) groups is 2. The Bertz CT molecular complexity index is 322. The topological polar surface area (TPSA) is 92.4 Å². The van der Waals surface area contributed by atoms with Crippen molar-refractivity contribution < 1.29 is 14.7 Å². The van der Waals surface area contributed by atoms with Gasteiger partial charge in [0, 0.05) is 19.5 Å². The molecule has 0 heterocycles. The second-order valence-corrected chi connectivity index (χ2v) is 5.97. The molecule has 1 saturated carbocycles. The molecule has 1 fully saturated rings. The Morgan fingerprint density at radius 3 is 2.45 bits per heavy atom. The number of carboxylic acid groups (broad SMARTS) is 1. The maximum Gasteiger partial charge on any atom is 0.303 e. The van der Waals surface area contributed by atoms with Crippen molar-refractivity contribution in [3.8, 4) is 0 Å². The molecule has 5 nitrogen and oxygen atoms in total. The van der Waals surface area contributed by atoms with Crippen LogP contribution in [0.1, 0.15) is 58.3 Å². The molecule has 0 aromatic heterocycles. The van der Waals surface area contributed by atoms with E-state index in [0.29, 0.717) is 25.4 Å². The molecule has 1 aliphatic rings. The summed E-state index contributed by atoms with van der Waals surface area (Å²) in [6.45, 7) is 3.16. The summed E-state index contributed by atoms with van der Waals surface area (Å²) < 4.78 is 0. The lowest BCUT2D eigenvalue weighted by atomic mass is 9.68. The van der Waals surface area contributed by atoms with Gasteiger partial charge in [-0.1, -0.05) is 26.2 Å². The summed E-state index contributed by atoms with van der Waals surface area (Å²) in [5.74, 6) is -0.280. The Labute approximate surface area is 121 Å². The molecule has 0 spiro atoms. The Morgan fingerprint density at radius 2 is 2.00 bits per heavy atom. The first kappa shape index (κ1) is 17.0. The smallest absolute Gasteiger partial charge is 0.303 e. The van der Waals surface area contributed by atoms with Gasteiger partial charge in [0.1, 0.15) is 0 Å². The van der Waals surface area contributed by atoms with Crippen molar-refractivity contribution in [1.29, 1.82) is 0 Å². The number of hydrogen-bond acceptors (Lipinski definition) is 3. The van der Waals surface area contributed by atoms with Gasteiger partial charge in [-0.25, -0.2) is 0 Å². The van der Waals surface area contributed by atoms with E-state index < -0.39 is 5.97 Å². The third-order valence-electron chi connectivity index (χ3n) is 4.48. The first-order chi connectivity index (χ1) is 9.54. The zero-order valence-corrected chi connectivity index (χ0v) is 12.5. The average Bonchev–Trinajstić information content (AvgIpc) is 2.35. The largest absolute Gasteiger partial charge is 0.481 e. The van der Waals surface area contributed by atoms with Crippen molar-refractivity contribution in [2.45, 2.75) is 58.3 Å². The number of nitrogens with one attached hydrogen (secondary N) is 1. The van der Waals surface area contributed by atoms with Gasteiger partial charge in [-0.2, -0.15) is 0 Å². The van der Waals surface area contributed by atoms with Crippen molar-refractivity contribution in [2.24, 2.45) is 17.1 Å². The summed E-state index contributed by atoms with van der Waals surface area (Å²) in [5, 5.41) is 11.7. The van der Waals surface area contributed by atoms with Crippen molar-refractivity contribution >= 4 is 11.9 Å². The molecule has 5 heteroatoms. The highest BCUT2D eigenvalue weighted by Crippen LogP contribution is 2.39. The van der Waals surface area contributed by atoms with Gasteiger partial charge in [0.05, 0.1) is 5.41 Å². The Kier molecular flexibility index (Phi) is 6.99. The zero-order chi connectivity index (χ0) is 15.0. The fraction of sp³-hybridized carbons (Fsp3) is 0.867. The third-order valence-corrected chi connectivity index (χ3v) is 4.48. The number of rotatable bonds is 10. The summed E-state index contributed by atoms with van der Waals surface area (Å²) in [7, 11) is 0. The van der Waals surface area contributed by atoms with Gasteiger partial charge in [0.2, 0.25) is 5.91 Å². The molecule has 116 valence electrons. The fourth-order valence-corrected chi connectivity index (χ4v) is 2.87. The molecule has 20 heavy (non-hydrogen) atoms. The number of nitrogens with two attached hydrogens (primary N) is 1. The van der Waals surface area contributed by atoms with Gasteiger partial charge in [-0.05, 0) is 31.6 Å². The highest BCUT2D eigenvalue weighted by atomic mass is 16.4. The SMILES string of the molecule is CCCC(CCNC(=O)C1(CN)CCC1)CCC(=O)O. The second kappa shape index (κ2) is 8.25. The standard InChI is InChI=1S/C15H28N2O3/c1-2-4-12(5-6-13(18)19)7-10-17-14(20)15(11-16)8-3-9-15/h12H,2-11,16H2,1H3,(H,17,20)(H,18,19). The zero-order valence-electron chi connectivity index (χ0n) is 12.5. The molecule has 0 saturated heterocycles. The van der Waals surface area contributed by atoms with E-state index in [1.807, 2.05) is 0 Å². The van der Waals surface area contributed by atoms with Crippen molar-refractivity contribution in [3.05, 3.63) is 0 Å². The minimum Gasteiger partial charge on any atom is -0.481 e. The van der Waals surface area contributed by atoms with Crippen molar-refractivity contribution in [2.75, 3.05) is 13.1 Å². The van der Waals surface area contributed by atoms with Gasteiger partial charge < -0.3 is 16.2 Å². The van der Waals surface area contributed by atoms with Gasteiger partial charge in [-0.3, -0.25) is 9.59 Å². The van der Waals surface area contributed by atoms with Crippen LogP contribution in [0.5, 0.6) is 0 Å². The van der Waals surface area contributed by atoms with Gasteiger partial charge in [-0.15, -0.1) is 0 Å². The fourth-order valence-electron chi connectivity index (χ4n) is 2.87. The maximum absolute atomic E-state index is 12.1. The molecule has 0 aromatic carbocycles. The second-order valence-electron chi connectivity index (χ2n) is 5.97. The molecule has 0 radical (unpaired) electrons. The van der Waals surface area contributed by atoms with Gasteiger partial charge in [0.25, 0.3) is 0 Å². The number of carbonyl (C=O) groups excluding carboxylic acids is 1. The van der Waals surface area contributed by atoms with E-state index in [2.05, 4.69) is 12.2 Å². The highest BCUT2D eigenvalue weighted by molar-refractivity contribution is 5.83. The average molecular weight is 284 g/mol. The normalized spacial score (nSPS) is 18.1. The van der Waals surface area contributed by atoms with E-state index in [1.165, 1.54) is 0 Å². The van der Waals surface area contributed by atoms with E-state index in [9.17, 15) is 9.59 Å². The Hall–Kier alpha value is -1.10. The summed E-state index contributed by atoms with van der Waals surface area (Å²) in [4.78, 5) is 22.7. The van der Waals surface area contributed by atoms with Crippen LogP contribution in [0.25, 0.3) is 0 Å². The van der Waals surface area contributed by atoms with Crippen molar-refractivity contribution in [1.82, 2.24) is 5.32 Å². The van der Waals surface area contributed by atoms with E-state index in [1.54, 1.807) is 0 Å². The monoisotopic (exact) mass is 284 g/mol. The molecular weight excluding hydrogens is 256 g/mol. The number of carboxylic acids is 1. The highest BCUT2D eigenvalue weighted by Gasteiger charge is 2.42. The predicted molar refractivity (Wildman–Crippen MR) is 78.2 cm³/mol. The number of aliphatic carboxylic acids is 1. The first-order valence-corrected chi connectivity index (χ1v) is 7.74. The van der Waals surface area contributed by atoms with Crippen LogP contribution in [-0.2, 0) is 9.59 Å². The maximum atomic E-state index is 12.1. The van der Waals surface area contributed by atoms with Crippen LogP contribution < -0.4 is 11.1 Å². The predicted octanol–water partition coefficient (Wildman–Crippen LogP) is 1.90. The van der Waals surface area contributed by atoms with Crippen LogP contribution in [-0.4, -0.2) is 30.1 Å². The van der Waals surface area contributed by atoms with Crippen LogP contribution in [0.15, 0.2) is 0 Å². The molecular formula is C15H28N2O3. The summed E-state index contributed by atoms with van der Waals surface area (Å²) >= 11 is 0. The van der Waals surface area contributed by atoms with Crippen LogP contribution in [0, 0.1) is 11.3 Å². The third kappa shape index (κ3) is 4.78. The summed E-state index contributed by atoms with van der Waals surface area (Å²) in [6, 6.07) is 0. The van der Waals surface area contributed by atoms with E-state index >= 15 is 0 Å². The Morgan fingerprint density at radius 1 is 1.30 bits per heavy atom. The minimum atomic E-state index is -0.744. The molecule has 1 rings (SSSR count). The van der Waals surface area contributed by atoms with Crippen LogP contribution >= 0.6 is 0 Å². The van der Waals surface area contributed by atoms with Crippen LogP contribution in [0.3, 0.4) is 0 Å². The molecule has 1 unspecified atom stereocenters. The number of amides is 1. The van der Waals surface area contributed by atoms with Gasteiger partial charge in [0.15, 0.2) is 0 Å². The minimum absolute atomic E-state index is 0.0831. The van der Waals surface area contributed by atoms with Gasteiger partial charge >= 0.3 is 5.97 Å². The molecule has 0 aliphatic heterocycles. The Balaban J connectivity index is 2.28. The van der Waals surface area contributed by atoms with E-state index in [4.69, 9.17) is 10.8 Å². The van der Waals surface area contributed by atoms with Crippen LogP contribution in [0.4, 0.5) is 0 Å². The molecule has 0 aromatic rings. The van der Waals surface area contributed by atoms with E-state index in [0.717, 1.165) is 38.5 Å². The molecule has 0 bridgehead atoms. The molecule has 1 amide bonds. The van der Waals surface area contributed by atoms with Crippen LogP contribution in [0.2, 0.25) is 0 Å². The lowest BCUT2D eigenvalue weighted by Crippen LogP contribution is -2.50. The first-order valence-electron chi connectivity index (χ1n) is 7.74. The quantitative estimate of drug-likeness (QED) is 0.571. The lowest BCUT2D eigenvalue weighted by molar-refractivity contribution is -0.137. The van der Waals surface area contributed by atoms with Crippen molar-refractivity contribution in [3.63, 3.8) is 0 Å². The molecule has 1 aliphatic carbocycles. The molecule has 4 N–H and O–H groups in total. The lowest BCUT2D eigenvalue weighted by Gasteiger charge is -2.39. The summed E-state index contributed by atoms with van der Waals surface area (Å²) in [6.07, 6.45) is 6.71. The number of hydrogen-bond donors (Lipinski definition) is 3. The van der Waals surface area contributed by atoms with E-state index in [-0.39, 0.29) is 17.7 Å². The molecule has 1 atom stereocenters. The summed E-state index contributed by atoms with van der Waals surface area (Å²) in [5.41, 5.74) is 5.39.